The summed E-state index contributed by atoms with van der Waals surface area (Å²) < 4.78 is 67.3. The highest BCUT2D eigenvalue weighted by atomic mass is 32.2. The van der Waals surface area contributed by atoms with Gasteiger partial charge in [0.2, 0.25) is 0 Å². The molecule has 0 aliphatic heterocycles. The number of allylic oxidation sites excluding steroid dienone is 6. The first kappa shape index (κ1) is 32.8. The van der Waals surface area contributed by atoms with E-state index in [-0.39, 0.29) is 22.8 Å². The zero-order valence-electron chi connectivity index (χ0n) is 24.7. The SMILES string of the molecule is O=[N+]([O-])c1ccc(N=C2C=CC(=NN=C3C=CC(=NNc4c(S(=O)(=O)O)ccc5c(O)cccc45)c4ccccc43)C=C2)c(S(=O)(=O)O)c1. The topological polar surface area (TPSA) is 234 Å². The van der Waals surface area contributed by atoms with Gasteiger partial charge in [0.1, 0.15) is 15.5 Å². The smallest absolute Gasteiger partial charge is 0.296 e. The summed E-state index contributed by atoms with van der Waals surface area (Å²) in [6.07, 6.45) is 9.45. The van der Waals surface area contributed by atoms with Crippen molar-refractivity contribution >= 4 is 70.9 Å². The lowest BCUT2D eigenvalue weighted by molar-refractivity contribution is -0.385. The molecule has 0 heterocycles. The molecule has 246 valence electrons. The molecule has 49 heavy (non-hydrogen) atoms. The van der Waals surface area contributed by atoms with Crippen molar-refractivity contribution in [1.82, 2.24) is 0 Å². The van der Waals surface area contributed by atoms with E-state index in [2.05, 4.69) is 25.7 Å². The predicted molar refractivity (Wildman–Crippen MR) is 183 cm³/mol. The first-order valence-corrected chi connectivity index (χ1v) is 16.9. The second kappa shape index (κ2) is 12.8. The Morgan fingerprint density at radius 1 is 0.673 bits per heavy atom. The average molecular weight is 699 g/mol. The van der Waals surface area contributed by atoms with Gasteiger partial charge in [-0.05, 0) is 60.7 Å². The lowest BCUT2D eigenvalue weighted by Crippen LogP contribution is -2.15. The molecular formula is C32H22N6O9S2. The number of anilines is 1. The highest BCUT2D eigenvalue weighted by Crippen LogP contribution is 2.35. The summed E-state index contributed by atoms with van der Waals surface area (Å²) >= 11 is 0. The maximum absolute atomic E-state index is 12.2. The number of aromatic hydroxyl groups is 1. The summed E-state index contributed by atoms with van der Waals surface area (Å²) in [4.78, 5) is 13.3. The number of phenolic OH excluding ortho intramolecular Hbond substituents is 1. The van der Waals surface area contributed by atoms with E-state index in [1.165, 1.54) is 36.4 Å². The number of nitro groups is 1. The lowest BCUT2D eigenvalue weighted by Gasteiger charge is -2.16. The van der Waals surface area contributed by atoms with Crippen molar-refractivity contribution in [1.29, 1.82) is 0 Å². The molecule has 0 saturated carbocycles. The van der Waals surface area contributed by atoms with Crippen molar-refractivity contribution in [2.45, 2.75) is 9.79 Å². The van der Waals surface area contributed by atoms with Gasteiger partial charge in [-0.25, -0.2) is 4.99 Å². The molecule has 0 bridgehead atoms. The molecule has 0 spiro atoms. The van der Waals surface area contributed by atoms with Crippen molar-refractivity contribution < 1.29 is 36.0 Å². The number of aliphatic imine (C=N–C) groups is 1. The minimum Gasteiger partial charge on any atom is -0.507 e. The summed E-state index contributed by atoms with van der Waals surface area (Å²) in [5, 5.41) is 35.1. The second-order valence-corrected chi connectivity index (χ2v) is 13.2. The predicted octanol–water partition coefficient (Wildman–Crippen LogP) is 5.38. The van der Waals surface area contributed by atoms with E-state index >= 15 is 0 Å². The van der Waals surface area contributed by atoms with Gasteiger partial charge >= 0.3 is 0 Å². The van der Waals surface area contributed by atoms with E-state index in [0.29, 0.717) is 39.0 Å². The van der Waals surface area contributed by atoms with Crippen LogP contribution in [0.1, 0.15) is 11.1 Å². The molecule has 0 radical (unpaired) electrons. The highest BCUT2D eigenvalue weighted by molar-refractivity contribution is 7.86. The largest absolute Gasteiger partial charge is 0.507 e. The van der Waals surface area contributed by atoms with Crippen molar-refractivity contribution in [2.24, 2.45) is 20.3 Å². The number of fused-ring (bicyclic) bond motifs is 2. The van der Waals surface area contributed by atoms with Crippen LogP contribution in [0.15, 0.2) is 139 Å². The summed E-state index contributed by atoms with van der Waals surface area (Å²) in [6.45, 7) is 0. The molecule has 2 aliphatic carbocycles. The number of rotatable bonds is 7. The van der Waals surface area contributed by atoms with Crippen molar-refractivity contribution in [3.8, 4) is 5.75 Å². The summed E-state index contributed by atoms with van der Waals surface area (Å²) in [6, 6.07) is 17.2. The molecule has 0 atom stereocenters. The fourth-order valence-corrected chi connectivity index (χ4v) is 6.28. The Labute approximate surface area is 278 Å². The van der Waals surface area contributed by atoms with E-state index in [9.17, 15) is 41.2 Å². The molecule has 0 unspecified atom stereocenters. The fourth-order valence-electron chi connectivity index (χ4n) is 4.98. The first-order valence-electron chi connectivity index (χ1n) is 14.0. The molecule has 2 aliphatic rings. The number of nitrogens with one attached hydrogen (secondary N) is 1. The Morgan fingerprint density at radius 3 is 2.00 bits per heavy atom. The third-order valence-electron chi connectivity index (χ3n) is 7.25. The summed E-state index contributed by atoms with van der Waals surface area (Å²) in [5.41, 5.74) is 4.87. The number of hydrogen-bond donors (Lipinski definition) is 4. The van der Waals surface area contributed by atoms with Crippen LogP contribution >= 0.6 is 0 Å². The van der Waals surface area contributed by atoms with E-state index in [0.717, 1.165) is 18.2 Å². The van der Waals surface area contributed by atoms with Gasteiger partial charge in [-0.15, -0.1) is 5.10 Å². The first-order chi connectivity index (χ1) is 23.3. The van der Waals surface area contributed by atoms with Crippen LogP contribution < -0.4 is 5.43 Å². The third-order valence-corrected chi connectivity index (χ3v) is 9.03. The quantitative estimate of drug-likeness (QED) is 0.0833. The van der Waals surface area contributed by atoms with Crippen LogP contribution in [-0.4, -0.2) is 58.8 Å². The summed E-state index contributed by atoms with van der Waals surface area (Å²) in [7, 11) is -9.45. The third kappa shape index (κ3) is 6.94. The molecule has 0 aromatic heterocycles. The molecule has 17 heteroatoms. The van der Waals surface area contributed by atoms with Crippen LogP contribution in [0, 0.1) is 10.1 Å². The van der Waals surface area contributed by atoms with Gasteiger partial charge in [0, 0.05) is 34.0 Å². The minimum absolute atomic E-state index is 0.0262. The number of hydrogen-bond acceptors (Lipinski definition) is 12. The van der Waals surface area contributed by atoms with Gasteiger partial charge in [-0.1, -0.05) is 36.4 Å². The summed E-state index contributed by atoms with van der Waals surface area (Å²) in [5.74, 6) is -0.0811. The molecule has 6 rings (SSSR count). The van der Waals surface area contributed by atoms with E-state index in [1.54, 1.807) is 54.6 Å². The normalized spacial score (nSPS) is 15.9. The number of phenols is 1. The van der Waals surface area contributed by atoms with Crippen LogP contribution in [0.4, 0.5) is 17.1 Å². The average Bonchev–Trinajstić information content (AvgIpc) is 3.06. The van der Waals surface area contributed by atoms with E-state index in [4.69, 9.17) is 0 Å². The molecule has 4 aromatic carbocycles. The Hall–Kier alpha value is -6.14. The Kier molecular flexibility index (Phi) is 8.57. The Balaban J connectivity index is 1.28. The lowest BCUT2D eigenvalue weighted by atomic mass is 9.94. The fraction of sp³-hybridized carbons (Fsp3) is 0. The van der Waals surface area contributed by atoms with Crippen LogP contribution in [0.5, 0.6) is 5.75 Å². The molecule has 4 N–H and O–H groups in total. The van der Waals surface area contributed by atoms with Crippen LogP contribution in [-0.2, 0) is 20.2 Å². The van der Waals surface area contributed by atoms with Gasteiger partial charge < -0.3 is 5.11 Å². The molecule has 15 nitrogen and oxygen atoms in total. The molecule has 4 aromatic rings. The van der Waals surface area contributed by atoms with E-state index in [1.807, 2.05) is 0 Å². The number of nitrogens with zero attached hydrogens (tertiary/aromatic N) is 5. The molecule has 0 amide bonds. The van der Waals surface area contributed by atoms with Gasteiger partial charge in [0.15, 0.2) is 0 Å². The highest BCUT2D eigenvalue weighted by Gasteiger charge is 2.22. The van der Waals surface area contributed by atoms with Gasteiger partial charge in [-0.3, -0.25) is 24.6 Å². The zero-order valence-corrected chi connectivity index (χ0v) is 26.4. The van der Waals surface area contributed by atoms with Crippen molar-refractivity contribution in [2.75, 3.05) is 5.43 Å². The molecule has 0 saturated heterocycles. The second-order valence-electron chi connectivity index (χ2n) is 10.4. The Morgan fingerprint density at radius 2 is 1.33 bits per heavy atom. The van der Waals surface area contributed by atoms with Crippen LogP contribution in [0.25, 0.3) is 10.8 Å². The molecule has 0 fully saturated rings. The maximum Gasteiger partial charge on any atom is 0.296 e. The van der Waals surface area contributed by atoms with Crippen LogP contribution in [0.2, 0.25) is 0 Å². The standard InChI is InChI=1S/C32H22N6O9S2/c39-29-7-3-6-25-24(29)13-17-30(48(42,43)44)32(25)37-36-27-16-15-26(22-4-1-2-5-23(22)27)35-34-20-10-8-19(9-11-20)33-28-14-12-21(38(40)41)18-31(28)49(45,46)47/h1-18,37,39H,(H,42,43,44)(H,45,46,47). The van der Waals surface area contributed by atoms with E-state index < -0.39 is 40.6 Å². The molecular weight excluding hydrogens is 677 g/mol. The number of hydrazone groups is 1. The van der Waals surface area contributed by atoms with Gasteiger partial charge in [0.05, 0.1) is 39.1 Å². The van der Waals surface area contributed by atoms with Crippen LogP contribution in [0.3, 0.4) is 0 Å². The number of non-ortho nitro benzene ring substituents is 1. The Bertz CT molecular complexity index is 2500. The van der Waals surface area contributed by atoms with Gasteiger partial charge in [-0.2, -0.15) is 27.0 Å². The number of benzene rings is 4. The minimum atomic E-state index is -4.80. The monoisotopic (exact) mass is 698 g/mol. The number of nitro benzene ring substituents is 1. The van der Waals surface area contributed by atoms with Gasteiger partial charge in [0.25, 0.3) is 25.9 Å². The van der Waals surface area contributed by atoms with Crippen molar-refractivity contribution in [3.05, 3.63) is 130 Å². The van der Waals surface area contributed by atoms with Crippen molar-refractivity contribution in [3.63, 3.8) is 0 Å². The maximum atomic E-state index is 12.2. The zero-order chi connectivity index (χ0) is 34.9.